The van der Waals surface area contributed by atoms with Gasteiger partial charge in [-0.2, -0.15) is 0 Å². The van der Waals surface area contributed by atoms with Crippen LogP contribution in [0.2, 0.25) is 0 Å². The lowest BCUT2D eigenvalue weighted by Crippen LogP contribution is -3.00. The first-order chi connectivity index (χ1) is 16.2. The summed E-state index contributed by atoms with van der Waals surface area (Å²) in [6.45, 7) is 13.2. The second-order valence-electron chi connectivity index (χ2n) is 12.2. The summed E-state index contributed by atoms with van der Waals surface area (Å²) in [7, 11) is 2.28. The van der Waals surface area contributed by atoms with E-state index in [-0.39, 0.29) is 29.9 Å². The smallest absolute Gasteiger partial charge is 0.362 e. The molecule has 0 bridgehead atoms. The summed E-state index contributed by atoms with van der Waals surface area (Å²) in [5, 5.41) is 0. The predicted octanol–water partition coefficient (Wildman–Crippen LogP) is 6.62. The Kier molecular flexibility index (Phi) is 26.1. The number of likely N-dealkylation sites (N-methyl/N-ethyl adjacent to an activating group) is 1. The van der Waals surface area contributed by atoms with Gasteiger partial charge in [0.2, 0.25) is 0 Å². The third-order valence-electron chi connectivity index (χ3n) is 7.03. The number of hydrogen-bond donors (Lipinski definition) is 0. The third-order valence-corrected chi connectivity index (χ3v) is 7.03. The molecule has 4 heteroatoms. The van der Waals surface area contributed by atoms with Gasteiger partial charge in [0.25, 0.3) is 0 Å². The number of ether oxygens (including phenoxy) is 1. The summed E-state index contributed by atoms with van der Waals surface area (Å²) in [5.74, 6) is -0.0332. The Balaban J connectivity index is 0. The molecule has 0 aliphatic carbocycles. The number of quaternary nitrogens is 1. The molecule has 0 radical (unpaired) electrons. The Bertz CT molecular complexity index is 437. The highest BCUT2D eigenvalue weighted by Gasteiger charge is 2.28. The Morgan fingerprint density at radius 2 is 0.857 bits per heavy atom. The van der Waals surface area contributed by atoms with Crippen LogP contribution < -0.4 is 24.0 Å². The summed E-state index contributed by atoms with van der Waals surface area (Å²) in [6.07, 6.45) is 27.2. The number of carbonyl (C=O) groups is 1. The van der Waals surface area contributed by atoms with E-state index in [4.69, 9.17) is 4.74 Å². The fourth-order valence-corrected chi connectivity index (χ4v) is 4.92. The predicted molar refractivity (Wildman–Crippen MR) is 150 cm³/mol. The molecule has 35 heavy (non-hydrogen) atoms. The van der Waals surface area contributed by atoms with Gasteiger partial charge in [0.05, 0.1) is 20.1 Å². The van der Waals surface area contributed by atoms with Gasteiger partial charge >= 0.3 is 5.97 Å². The average Bonchev–Trinajstić information content (AvgIpc) is 2.75. The molecule has 0 saturated carbocycles. The molecule has 0 aromatic carbocycles. The molecule has 0 amide bonds. The van der Waals surface area contributed by atoms with Crippen LogP contribution in [0, 0.1) is 0 Å². The number of halogens is 1. The van der Waals surface area contributed by atoms with Gasteiger partial charge in [-0.15, -0.1) is 0 Å². The molecule has 0 aromatic rings. The van der Waals surface area contributed by atoms with Crippen molar-refractivity contribution in [2.45, 2.75) is 169 Å². The summed E-state index contributed by atoms with van der Waals surface area (Å²) in [6, 6.07) is 0. The van der Waals surface area contributed by atoms with E-state index in [1.54, 1.807) is 0 Å². The molecule has 0 atom stereocenters. The fourth-order valence-electron chi connectivity index (χ4n) is 4.92. The lowest BCUT2D eigenvalue weighted by Gasteiger charge is -2.35. The molecule has 0 rings (SSSR count). The highest BCUT2D eigenvalue weighted by molar-refractivity contribution is 5.71. The standard InChI is InChI=1S/C31H64NO2.HI/c1-7-9-11-13-15-17-19-21-23-25-27-32(6,29-30(33)34-31(3,4)5)28-26-24-22-20-18-16-14-12-10-8-2;/h7-29H2,1-6H3;1H/q+1;/p-1. The van der Waals surface area contributed by atoms with Crippen molar-refractivity contribution in [3.63, 3.8) is 0 Å². The molecule has 0 aromatic heterocycles. The van der Waals surface area contributed by atoms with Crippen LogP contribution in [0.3, 0.4) is 0 Å². The van der Waals surface area contributed by atoms with Gasteiger partial charge in [0, 0.05) is 0 Å². The molecule has 0 N–H and O–H groups in total. The topological polar surface area (TPSA) is 26.3 Å². The van der Waals surface area contributed by atoms with Crippen LogP contribution in [0.4, 0.5) is 0 Å². The molecule has 0 spiro atoms. The summed E-state index contributed by atoms with van der Waals surface area (Å²) in [4.78, 5) is 12.6. The zero-order valence-electron chi connectivity index (χ0n) is 24.9. The number of carbonyl (C=O) groups excluding carboxylic acids is 1. The minimum absolute atomic E-state index is 0. The zero-order chi connectivity index (χ0) is 25.5. The summed E-state index contributed by atoms with van der Waals surface area (Å²) < 4.78 is 6.53. The van der Waals surface area contributed by atoms with Crippen molar-refractivity contribution in [3.05, 3.63) is 0 Å². The molecule has 3 nitrogen and oxygen atoms in total. The van der Waals surface area contributed by atoms with Crippen molar-refractivity contribution >= 4 is 5.97 Å². The molecule has 0 fully saturated rings. The van der Waals surface area contributed by atoms with Crippen molar-refractivity contribution in [2.75, 3.05) is 26.7 Å². The number of rotatable bonds is 24. The molecule has 0 saturated heterocycles. The van der Waals surface area contributed by atoms with Crippen molar-refractivity contribution in [1.82, 2.24) is 0 Å². The quantitative estimate of drug-likeness (QED) is 0.0532. The highest BCUT2D eigenvalue weighted by atomic mass is 127. The zero-order valence-corrected chi connectivity index (χ0v) is 27.1. The van der Waals surface area contributed by atoms with E-state index in [0.717, 1.165) is 17.6 Å². The van der Waals surface area contributed by atoms with Gasteiger partial charge in [0.1, 0.15) is 5.60 Å². The van der Waals surface area contributed by atoms with E-state index in [1.807, 2.05) is 20.8 Å². The lowest BCUT2D eigenvalue weighted by atomic mass is 10.1. The largest absolute Gasteiger partial charge is 1.00 e. The minimum atomic E-state index is -0.393. The van der Waals surface area contributed by atoms with E-state index < -0.39 is 5.60 Å². The van der Waals surface area contributed by atoms with Crippen LogP contribution in [0.25, 0.3) is 0 Å². The van der Waals surface area contributed by atoms with Crippen LogP contribution in [0.15, 0.2) is 0 Å². The first-order valence-corrected chi connectivity index (χ1v) is 15.3. The Hall–Kier alpha value is 0.160. The summed E-state index contributed by atoms with van der Waals surface area (Å²) >= 11 is 0. The van der Waals surface area contributed by atoms with Crippen molar-refractivity contribution < 1.29 is 38.0 Å². The van der Waals surface area contributed by atoms with Crippen molar-refractivity contribution in [3.8, 4) is 0 Å². The number of hydrogen-bond acceptors (Lipinski definition) is 2. The SMILES string of the molecule is CCCCCCCCCCCC[N+](C)(CCCCCCCCCCCC)CC(=O)OC(C)(C)C.[I-]. The Morgan fingerprint density at radius 3 is 1.14 bits per heavy atom. The number of unbranched alkanes of at least 4 members (excludes halogenated alkanes) is 18. The molecule has 0 heterocycles. The van der Waals surface area contributed by atoms with Gasteiger partial charge in [-0.3, -0.25) is 0 Å². The van der Waals surface area contributed by atoms with Gasteiger partial charge in [-0.05, 0) is 46.5 Å². The molecule has 0 aliphatic rings. The van der Waals surface area contributed by atoms with E-state index in [1.165, 1.54) is 128 Å². The second-order valence-corrected chi connectivity index (χ2v) is 12.2. The maximum Gasteiger partial charge on any atom is 0.362 e. The second kappa shape index (κ2) is 24.5. The van der Waals surface area contributed by atoms with Crippen LogP contribution in [0.5, 0.6) is 0 Å². The van der Waals surface area contributed by atoms with E-state index in [2.05, 4.69) is 20.9 Å². The van der Waals surface area contributed by atoms with E-state index in [9.17, 15) is 4.79 Å². The van der Waals surface area contributed by atoms with Crippen LogP contribution in [0.1, 0.15) is 163 Å². The normalized spacial score (nSPS) is 11.9. The molecular formula is C31H64INO2. The van der Waals surface area contributed by atoms with Gasteiger partial charge in [-0.1, -0.05) is 117 Å². The Labute approximate surface area is 238 Å². The monoisotopic (exact) mass is 609 g/mol. The van der Waals surface area contributed by atoms with Gasteiger partial charge in [-0.25, -0.2) is 4.79 Å². The molecular weight excluding hydrogens is 545 g/mol. The minimum Gasteiger partial charge on any atom is -1.00 e. The maximum atomic E-state index is 12.6. The van der Waals surface area contributed by atoms with Crippen molar-refractivity contribution in [1.29, 1.82) is 0 Å². The molecule has 212 valence electrons. The first kappa shape index (κ1) is 37.3. The molecule has 0 unspecified atom stereocenters. The third kappa shape index (κ3) is 27.0. The van der Waals surface area contributed by atoms with E-state index >= 15 is 0 Å². The van der Waals surface area contributed by atoms with Crippen LogP contribution in [-0.2, 0) is 9.53 Å². The average molecular weight is 610 g/mol. The van der Waals surface area contributed by atoms with Gasteiger partial charge < -0.3 is 33.2 Å². The van der Waals surface area contributed by atoms with E-state index in [0.29, 0.717) is 6.54 Å². The molecule has 0 aliphatic heterocycles. The lowest BCUT2D eigenvalue weighted by molar-refractivity contribution is -0.903. The first-order valence-electron chi connectivity index (χ1n) is 15.3. The number of nitrogens with zero attached hydrogens (tertiary/aromatic N) is 1. The Morgan fingerprint density at radius 1 is 0.571 bits per heavy atom. The maximum absolute atomic E-state index is 12.6. The van der Waals surface area contributed by atoms with Crippen LogP contribution >= 0.6 is 0 Å². The van der Waals surface area contributed by atoms with Crippen molar-refractivity contribution in [2.24, 2.45) is 0 Å². The highest BCUT2D eigenvalue weighted by Crippen LogP contribution is 2.17. The van der Waals surface area contributed by atoms with Gasteiger partial charge in [0.15, 0.2) is 6.54 Å². The fraction of sp³-hybridized carbons (Fsp3) is 0.968. The van der Waals surface area contributed by atoms with Crippen LogP contribution in [-0.4, -0.2) is 42.7 Å². The summed E-state index contributed by atoms with van der Waals surface area (Å²) in [5.41, 5.74) is -0.393. The number of esters is 1.